The minimum atomic E-state index is 0.479. The number of fused-ring (bicyclic) bond motifs is 1. The van der Waals surface area contributed by atoms with Gasteiger partial charge in [-0.3, -0.25) is 0 Å². The lowest BCUT2D eigenvalue weighted by atomic mass is 10.1. The van der Waals surface area contributed by atoms with Crippen LogP contribution in [0.3, 0.4) is 0 Å². The minimum absolute atomic E-state index is 0.479. The van der Waals surface area contributed by atoms with Crippen LogP contribution < -0.4 is 5.32 Å². The van der Waals surface area contributed by atoms with Crippen molar-refractivity contribution in [3.63, 3.8) is 0 Å². The molecule has 0 radical (unpaired) electrons. The molecule has 0 saturated heterocycles. The Balaban J connectivity index is 1.90. The highest BCUT2D eigenvalue weighted by atomic mass is 32.1. The second kappa shape index (κ2) is 3.38. The Hall–Kier alpha value is -1.28. The molecule has 0 saturated carbocycles. The second-order valence-corrected chi connectivity index (χ2v) is 5.16. The maximum atomic E-state index is 3.57. The van der Waals surface area contributed by atoms with Gasteiger partial charge in [0.15, 0.2) is 0 Å². The molecule has 2 aromatic rings. The summed E-state index contributed by atoms with van der Waals surface area (Å²) >= 11 is 1.83. The normalized spacial score (nSPS) is 18.6. The van der Waals surface area contributed by atoms with Gasteiger partial charge in [0.2, 0.25) is 0 Å². The number of para-hydroxylation sites is 1. The van der Waals surface area contributed by atoms with E-state index in [0.717, 1.165) is 6.42 Å². The number of anilines is 1. The highest BCUT2D eigenvalue weighted by Gasteiger charge is 2.21. The molecule has 0 fully saturated rings. The fourth-order valence-corrected chi connectivity index (χ4v) is 2.90. The molecule has 2 heterocycles. The van der Waals surface area contributed by atoms with Crippen LogP contribution in [-0.2, 0) is 6.42 Å². The maximum Gasteiger partial charge on any atom is 0.0563 e. The first-order valence-corrected chi connectivity index (χ1v) is 6.10. The quantitative estimate of drug-likeness (QED) is 0.763. The van der Waals surface area contributed by atoms with Gasteiger partial charge >= 0.3 is 0 Å². The average Bonchev–Trinajstić information content (AvgIpc) is 2.82. The molecule has 1 aliphatic rings. The zero-order valence-corrected chi connectivity index (χ0v) is 9.47. The first-order valence-electron chi connectivity index (χ1n) is 5.22. The first-order chi connectivity index (χ1) is 7.33. The molecule has 0 amide bonds. The maximum absolute atomic E-state index is 3.57. The summed E-state index contributed by atoms with van der Waals surface area (Å²) in [6, 6.07) is 11.3. The fraction of sp³-hybridized carbons (Fsp3) is 0.231. The third kappa shape index (κ3) is 1.55. The van der Waals surface area contributed by atoms with Crippen molar-refractivity contribution in [2.24, 2.45) is 0 Å². The number of hydrogen-bond acceptors (Lipinski definition) is 2. The monoisotopic (exact) mass is 215 g/mol. The van der Waals surface area contributed by atoms with Crippen LogP contribution in [0.25, 0.3) is 0 Å². The van der Waals surface area contributed by atoms with Crippen LogP contribution in [0.2, 0.25) is 0 Å². The summed E-state index contributed by atoms with van der Waals surface area (Å²) in [5.41, 5.74) is 4.16. The number of hydrogen-bond donors (Lipinski definition) is 1. The van der Waals surface area contributed by atoms with Gasteiger partial charge in [-0.15, -0.1) is 11.3 Å². The lowest BCUT2D eigenvalue weighted by Gasteiger charge is -2.08. The van der Waals surface area contributed by atoms with Gasteiger partial charge in [-0.2, -0.15) is 0 Å². The van der Waals surface area contributed by atoms with E-state index in [4.69, 9.17) is 0 Å². The SMILES string of the molecule is Cc1cc(C2Cc3ccccc3N2)cs1. The van der Waals surface area contributed by atoms with Crippen molar-refractivity contribution in [2.45, 2.75) is 19.4 Å². The van der Waals surface area contributed by atoms with Crippen molar-refractivity contribution in [2.75, 3.05) is 5.32 Å². The van der Waals surface area contributed by atoms with Gasteiger partial charge in [-0.05, 0) is 42.0 Å². The zero-order valence-electron chi connectivity index (χ0n) is 8.66. The Labute approximate surface area is 93.8 Å². The van der Waals surface area contributed by atoms with E-state index in [0.29, 0.717) is 6.04 Å². The Morgan fingerprint density at radius 1 is 1.33 bits per heavy atom. The molecule has 1 atom stereocenters. The van der Waals surface area contributed by atoms with Crippen LogP contribution in [0.15, 0.2) is 35.7 Å². The first kappa shape index (κ1) is 8.98. The van der Waals surface area contributed by atoms with Gasteiger partial charge in [-0.25, -0.2) is 0 Å². The van der Waals surface area contributed by atoms with E-state index < -0.39 is 0 Å². The Bertz CT molecular complexity index is 462. The summed E-state index contributed by atoms with van der Waals surface area (Å²) in [4.78, 5) is 1.39. The Morgan fingerprint density at radius 3 is 2.93 bits per heavy atom. The predicted molar refractivity (Wildman–Crippen MR) is 65.6 cm³/mol. The van der Waals surface area contributed by atoms with E-state index in [2.05, 4.69) is 48.0 Å². The Morgan fingerprint density at radius 2 is 2.20 bits per heavy atom. The summed E-state index contributed by atoms with van der Waals surface area (Å²) in [6.45, 7) is 2.16. The molecule has 0 spiro atoms. The van der Waals surface area contributed by atoms with Gasteiger partial charge in [0.25, 0.3) is 0 Å². The van der Waals surface area contributed by atoms with Gasteiger partial charge in [-0.1, -0.05) is 18.2 Å². The zero-order chi connectivity index (χ0) is 10.3. The lowest BCUT2D eigenvalue weighted by Crippen LogP contribution is -2.03. The molecule has 2 heteroatoms. The molecule has 1 nitrogen and oxygen atoms in total. The number of rotatable bonds is 1. The number of aryl methyl sites for hydroxylation is 1. The number of thiophene rings is 1. The van der Waals surface area contributed by atoms with Crippen molar-refractivity contribution < 1.29 is 0 Å². The van der Waals surface area contributed by atoms with Gasteiger partial charge in [0.05, 0.1) is 6.04 Å². The van der Waals surface area contributed by atoms with Gasteiger partial charge in [0, 0.05) is 10.6 Å². The molecule has 3 rings (SSSR count). The van der Waals surface area contributed by atoms with Gasteiger partial charge in [0.1, 0.15) is 0 Å². The van der Waals surface area contributed by atoms with Crippen molar-refractivity contribution in [1.29, 1.82) is 0 Å². The molecule has 1 aliphatic heterocycles. The lowest BCUT2D eigenvalue weighted by molar-refractivity contribution is 0.828. The second-order valence-electron chi connectivity index (χ2n) is 4.05. The molecule has 1 aromatic carbocycles. The standard InChI is InChI=1S/C13H13NS/c1-9-6-11(8-15-9)13-7-10-4-2-3-5-12(10)14-13/h2-6,8,13-14H,7H2,1H3. The summed E-state index contributed by atoms with van der Waals surface area (Å²) < 4.78 is 0. The molecule has 1 unspecified atom stereocenters. The molecular weight excluding hydrogens is 202 g/mol. The molecule has 1 aromatic heterocycles. The van der Waals surface area contributed by atoms with Crippen molar-refractivity contribution in [3.05, 3.63) is 51.7 Å². The largest absolute Gasteiger partial charge is 0.378 e. The van der Waals surface area contributed by atoms with Gasteiger partial charge < -0.3 is 5.32 Å². The van der Waals surface area contributed by atoms with Crippen molar-refractivity contribution in [3.8, 4) is 0 Å². The van der Waals surface area contributed by atoms with Crippen LogP contribution in [0.4, 0.5) is 5.69 Å². The third-order valence-corrected chi connectivity index (χ3v) is 3.80. The number of nitrogens with one attached hydrogen (secondary N) is 1. The summed E-state index contributed by atoms with van der Waals surface area (Å²) in [6.07, 6.45) is 1.12. The van der Waals surface area contributed by atoms with Crippen LogP contribution in [-0.4, -0.2) is 0 Å². The van der Waals surface area contributed by atoms with Crippen molar-refractivity contribution in [1.82, 2.24) is 0 Å². The third-order valence-electron chi connectivity index (χ3n) is 2.92. The minimum Gasteiger partial charge on any atom is -0.378 e. The van der Waals surface area contributed by atoms with E-state index in [9.17, 15) is 0 Å². The highest BCUT2D eigenvalue weighted by Crippen LogP contribution is 2.35. The Kier molecular flexibility index (Phi) is 2.03. The van der Waals surface area contributed by atoms with Crippen molar-refractivity contribution >= 4 is 17.0 Å². The molecule has 15 heavy (non-hydrogen) atoms. The molecular formula is C13H13NS. The molecule has 1 N–H and O–H groups in total. The van der Waals surface area contributed by atoms with E-state index in [1.54, 1.807) is 0 Å². The fourth-order valence-electron chi connectivity index (χ4n) is 2.15. The highest BCUT2D eigenvalue weighted by molar-refractivity contribution is 7.10. The molecule has 0 aliphatic carbocycles. The smallest absolute Gasteiger partial charge is 0.0563 e. The topological polar surface area (TPSA) is 12.0 Å². The van der Waals surface area contributed by atoms with Crippen LogP contribution in [0.1, 0.15) is 22.0 Å². The van der Waals surface area contributed by atoms with Crippen LogP contribution in [0, 0.1) is 6.92 Å². The molecule has 0 bridgehead atoms. The number of benzene rings is 1. The van der Waals surface area contributed by atoms with E-state index in [1.807, 2.05) is 11.3 Å². The van der Waals surface area contributed by atoms with Crippen LogP contribution in [0.5, 0.6) is 0 Å². The van der Waals surface area contributed by atoms with E-state index in [1.165, 1.54) is 21.7 Å². The predicted octanol–water partition coefficient (Wildman–Crippen LogP) is 3.77. The molecule has 76 valence electrons. The summed E-state index contributed by atoms with van der Waals surface area (Å²) in [5, 5.41) is 5.83. The average molecular weight is 215 g/mol. The van der Waals surface area contributed by atoms with Crippen LogP contribution >= 0.6 is 11.3 Å². The van der Waals surface area contributed by atoms with E-state index in [-0.39, 0.29) is 0 Å². The van der Waals surface area contributed by atoms with E-state index >= 15 is 0 Å². The summed E-state index contributed by atoms with van der Waals surface area (Å²) in [5.74, 6) is 0. The summed E-state index contributed by atoms with van der Waals surface area (Å²) in [7, 11) is 0.